The highest BCUT2D eigenvalue weighted by Gasteiger charge is 2.35. The molecule has 1 aromatic rings. The lowest BCUT2D eigenvalue weighted by Gasteiger charge is -2.40. The summed E-state index contributed by atoms with van der Waals surface area (Å²) in [5.41, 5.74) is 1.99. The monoisotopic (exact) mass is 412 g/mol. The molecule has 0 amide bonds. The van der Waals surface area contributed by atoms with Gasteiger partial charge in [-0.1, -0.05) is 13.8 Å². The zero-order valence-electron chi connectivity index (χ0n) is 16.0. The average Bonchev–Trinajstić information content (AvgIpc) is 2.47. The van der Waals surface area contributed by atoms with E-state index in [0.717, 1.165) is 36.1 Å². The van der Waals surface area contributed by atoms with Gasteiger partial charge in [-0.3, -0.25) is 4.98 Å². The largest absolute Gasteiger partial charge is 0.479 e. The number of ether oxygens (including phenoxy) is 1. The molecule has 1 aliphatic rings. The third-order valence-corrected chi connectivity index (χ3v) is 5.21. The Hall–Kier alpha value is -1.14. The quantitative estimate of drug-likeness (QED) is 0.774. The summed E-state index contributed by atoms with van der Waals surface area (Å²) in [6, 6.07) is 0. The Morgan fingerprint density at radius 1 is 1.36 bits per heavy atom. The first-order valence-corrected chi connectivity index (χ1v) is 9.51. The molecule has 0 aliphatic carbocycles. The van der Waals surface area contributed by atoms with Crippen molar-refractivity contribution in [2.24, 2.45) is 5.41 Å². The van der Waals surface area contributed by atoms with Gasteiger partial charge in [-0.25, -0.2) is 4.79 Å². The molecule has 2 rings (SSSR count). The molecular formula is C19H29BrN2O3. The number of carboxylic acids is 1. The molecule has 6 heteroatoms. The Labute approximate surface area is 158 Å². The highest BCUT2D eigenvalue weighted by atomic mass is 79.9. The number of halogens is 1. The van der Waals surface area contributed by atoms with Crippen LogP contribution in [-0.2, 0) is 9.53 Å². The molecule has 1 fully saturated rings. The number of aromatic nitrogens is 1. The first-order valence-electron chi connectivity index (χ1n) is 8.72. The number of piperidine rings is 1. The molecule has 5 nitrogen and oxygen atoms in total. The van der Waals surface area contributed by atoms with Crippen LogP contribution in [0, 0.1) is 12.3 Å². The molecule has 1 atom stereocenters. The second-order valence-corrected chi connectivity index (χ2v) is 9.41. The van der Waals surface area contributed by atoms with E-state index in [1.54, 1.807) is 6.20 Å². The topological polar surface area (TPSA) is 62.7 Å². The van der Waals surface area contributed by atoms with Gasteiger partial charge in [-0.2, -0.15) is 0 Å². The molecule has 1 saturated heterocycles. The lowest BCUT2D eigenvalue weighted by atomic mass is 9.82. The smallest absolute Gasteiger partial charge is 0.337 e. The van der Waals surface area contributed by atoms with E-state index in [2.05, 4.69) is 39.7 Å². The molecule has 0 unspecified atom stereocenters. The van der Waals surface area contributed by atoms with Crippen molar-refractivity contribution in [3.05, 3.63) is 21.9 Å². The van der Waals surface area contributed by atoms with E-state index in [4.69, 9.17) is 4.74 Å². The first kappa shape index (κ1) is 20.2. The molecule has 1 aromatic heterocycles. The number of anilines is 1. The van der Waals surface area contributed by atoms with Crippen LogP contribution in [0.2, 0.25) is 0 Å². The molecule has 0 saturated carbocycles. The van der Waals surface area contributed by atoms with Gasteiger partial charge in [0.05, 0.1) is 15.8 Å². The van der Waals surface area contributed by atoms with Crippen molar-refractivity contribution in [1.82, 2.24) is 4.98 Å². The predicted molar refractivity (Wildman–Crippen MR) is 103 cm³/mol. The lowest BCUT2D eigenvalue weighted by Crippen LogP contribution is -2.39. The lowest BCUT2D eigenvalue weighted by molar-refractivity contribution is -0.160. The maximum absolute atomic E-state index is 12.0. The van der Waals surface area contributed by atoms with Gasteiger partial charge in [0.2, 0.25) is 0 Å². The normalized spacial score (nSPS) is 18.9. The Morgan fingerprint density at radius 3 is 2.40 bits per heavy atom. The van der Waals surface area contributed by atoms with Crippen molar-refractivity contribution in [2.75, 3.05) is 18.0 Å². The SMILES string of the molecule is Cc1ncc(Br)c(N2CCC(C)(C)CC2)c1[C@H](OC(C)(C)C)C(=O)O. The molecule has 0 radical (unpaired) electrons. The first-order chi connectivity index (χ1) is 11.4. The van der Waals surface area contributed by atoms with Crippen LogP contribution in [0.15, 0.2) is 10.7 Å². The van der Waals surface area contributed by atoms with Gasteiger partial charge < -0.3 is 14.7 Å². The zero-order chi connectivity index (χ0) is 19.0. The van der Waals surface area contributed by atoms with Gasteiger partial charge in [-0.15, -0.1) is 0 Å². The minimum atomic E-state index is -1.05. The molecule has 140 valence electrons. The number of hydrogen-bond donors (Lipinski definition) is 1. The highest BCUT2D eigenvalue weighted by Crippen LogP contribution is 2.41. The fraction of sp³-hybridized carbons (Fsp3) is 0.684. The summed E-state index contributed by atoms with van der Waals surface area (Å²) >= 11 is 3.59. The second kappa shape index (κ2) is 7.23. The number of carbonyl (C=O) groups is 1. The summed E-state index contributed by atoms with van der Waals surface area (Å²) in [5, 5.41) is 9.82. The Kier molecular flexibility index (Phi) is 5.84. The van der Waals surface area contributed by atoms with E-state index in [0.29, 0.717) is 16.7 Å². The Bertz CT molecular complexity index is 643. The molecule has 25 heavy (non-hydrogen) atoms. The van der Waals surface area contributed by atoms with E-state index < -0.39 is 17.7 Å². The van der Waals surface area contributed by atoms with Crippen LogP contribution in [0.4, 0.5) is 5.69 Å². The minimum absolute atomic E-state index is 0.319. The number of rotatable bonds is 4. The number of aryl methyl sites for hydroxylation is 1. The van der Waals surface area contributed by atoms with Crippen molar-refractivity contribution in [3.8, 4) is 0 Å². The van der Waals surface area contributed by atoms with Crippen LogP contribution < -0.4 is 4.90 Å². The molecular weight excluding hydrogens is 384 g/mol. The fourth-order valence-electron chi connectivity index (χ4n) is 3.14. The van der Waals surface area contributed by atoms with Gasteiger partial charge >= 0.3 is 5.97 Å². The molecule has 0 spiro atoms. The minimum Gasteiger partial charge on any atom is -0.479 e. The summed E-state index contributed by atoms with van der Waals surface area (Å²) in [7, 11) is 0. The maximum Gasteiger partial charge on any atom is 0.337 e. The van der Waals surface area contributed by atoms with Crippen LogP contribution in [-0.4, -0.2) is 34.8 Å². The van der Waals surface area contributed by atoms with E-state index in [9.17, 15) is 9.90 Å². The Balaban J connectivity index is 2.50. The summed E-state index contributed by atoms with van der Waals surface area (Å²) in [5.74, 6) is -0.989. The number of carboxylic acid groups (broad SMARTS) is 1. The number of nitrogens with zero attached hydrogens (tertiary/aromatic N) is 2. The molecule has 0 bridgehead atoms. The fourth-order valence-corrected chi connectivity index (χ4v) is 3.71. The van der Waals surface area contributed by atoms with Crippen LogP contribution in [0.3, 0.4) is 0 Å². The molecule has 1 N–H and O–H groups in total. The molecule has 0 aromatic carbocycles. The van der Waals surface area contributed by atoms with Gasteiger partial charge in [0.1, 0.15) is 0 Å². The van der Waals surface area contributed by atoms with E-state index in [1.807, 2.05) is 27.7 Å². The number of hydrogen-bond acceptors (Lipinski definition) is 4. The van der Waals surface area contributed by atoms with E-state index in [1.165, 1.54) is 0 Å². The standard InChI is InChI=1S/C19H29BrN2O3/c1-12-14(16(17(23)24)25-18(2,3)4)15(13(20)11-21-12)22-9-7-19(5,6)8-10-22/h11,16H,7-10H2,1-6H3,(H,23,24)/t16-/m0/s1. The third-order valence-electron chi connectivity index (χ3n) is 4.63. The highest BCUT2D eigenvalue weighted by molar-refractivity contribution is 9.10. The molecule has 1 aliphatic heterocycles. The third kappa shape index (κ3) is 4.94. The van der Waals surface area contributed by atoms with E-state index in [-0.39, 0.29) is 0 Å². The average molecular weight is 413 g/mol. The Morgan fingerprint density at radius 2 is 1.92 bits per heavy atom. The number of pyridine rings is 1. The predicted octanol–water partition coefficient (Wildman–Crippen LogP) is 4.72. The van der Waals surface area contributed by atoms with E-state index >= 15 is 0 Å². The maximum atomic E-state index is 12.0. The van der Waals surface area contributed by atoms with Crippen molar-refractivity contribution in [1.29, 1.82) is 0 Å². The summed E-state index contributed by atoms with van der Waals surface area (Å²) in [6.07, 6.45) is 2.84. The summed E-state index contributed by atoms with van der Waals surface area (Å²) in [6.45, 7) is 13.8. The summed E-state index contributed by atoms with van der Waals surface area (Å²) < 4.78 is 6.72. The van der Waals surface area contributed by atoms with Crippen LogP contribution in [0.25, 0.3) is 0 Å². The number of aliphatic carboxylic acids is 1. The van der Waals surface area contributed by atoms with Crippen LogP contribution in [0.5, 0.6) is 0 Å². The van der Waals surface area contributed by atoms with Crippen LogP contribution >= 0.6 is 15.9 Å². The van der Waals surface area contributed by atoms with Crippen molar-refractivity contribution >= 4 is 27.6 Å². The summed E-state index contributed by atoms with van der Waals surface area (Å²) in [4.78, 5) is 18.6. The molecule has 2 heterocycles. The van der Waals surface area contributed by atoms with Crippen molar-refractivity contribution < 1.29 is 14.6 Å². The van der Waals surface area contributed by atoms with Crippen molar-refractivity contribution in [3.63, 3.8) is 0 Å². The second-order valence-electron chi connectivity index (χ2n) is 8.55. The van der Waals surface area contributed by atoms with Gasteiger partial charge in [0, 0.05) is 30.5 Å². The van der Waals surface area contributed by atoms with Gasteiger partial charge in [0.15, 0.2) is 6.10 Å². The van der Waals surface area contributed by atoms with Crippen molar-refractivity contribution in [2.45, 2.75) is 66.1 Å². The van der Waals surface area contributed by atoms with Gasteiger partial charge in [0.25, 0.3) is 0 Å². The zero-order valence-corrected chi connectivity index (χ0v) is 17.6. The van der Waals surface area contributed by atoms with Gasteiger partial charge in [-0.05, 0) is 61.9 Å². The van der Waals surface area contributed by atoms with Crippen LogP contribution in [0.1, 0.15) is 64.8 Å².